The Morgan fingerprint density at radius 3 is 1.52 bits per heavy atom. The number of nitrogens with zero attached hydrogens (tertiary/aromatic N) is 6. The third kappa shape index (κ3) is 7.01. The smallest absolute Gasteiger partial charge is 0.180 e. The van der Waals surface area contributed by atoms with E-state index in [9.17, 15) is 21.6 Å². The van der Waals surface area contributed by atoms with Crippen molar-refractivity contribution in [1.82, 2.24) is 29.1 Å². The first kappa shape index (κ1) is 33.7. The Hall–Kier alpha value is -3.68. The van der Waals surface area contributed by atoms with Crippen LogP contribution in [0.3, 0.4) is 0 Å². The number of allylic oxidation sites excluding steroid dienone is 1. The fourth-order valence-electron chi connectivity index (χ4n) is 5.05. The van der Waals surface area contributed by atoms with Crippen LogP contribution >= 0.6 is 11.6 Å². The van der Waals surface area contributed by atoms with Crippen molar-refractivity contribution in [3.05, 3.63) is 64.5 Å². The predicted octanol–water partition coefficient (Wildman–Crippen LogP) is 5.72. The van der Waals surface area contributed by atoms with Crippen molar-refractivity contribution in [3.8, 4) is 23.0 Å². The Labute approximate surface area is 274 Å². The monoisotopic (exact) mass is 684 g/mol. The van der Waals surface area contributed by atoms with Gasteiger partial charge in [-0.1, -0.05) is 25.4 Å². The minimum absolute atomic E-state index is 0.000755. The molecular formula is C32H37ClN6O5S2. The summed E-state index contributed by atoms with van der Waals surface area (Å²) in [4.78, 5) is 28.8. The van der Waals surface area contributed by atoms with Gasteiger partial charge >= 0.3 is 0 Å². The van der Waals surface area contributed by atoms with Crippen LogP contribution in [0.2, 0.25) is 0 Å². The molecule has 0 bridgehead atoms. The van der Waals surface area contributed by atoms with Gasteiger partial charge in [-0.2, -0.15) is 0 Å². The first-order valence-electron chi connectivity index (χ1n) is 15.1. The summed E-state index contributed by atoms with van der Waals surface area (Å²) in [5.74, 6) is 1.80. The van der Waals surface area contributed by atoms with E-state index < -0.39 is 19.7 Å². The molecule has 11 nitrogen and oxygen atoms in total. The summed E-state index contributed by atoms with van der Waals surface area (Å²) in [5, 5.41) is 0.628. The molecule has 0 saturated heterocycles. The van der Waals surface area contributed by atoms with Gasteiger partial charge in [0.2, 0.25) is 0 Å². The third-order valence-electron chi connectivity index (χ3n) is 8.21. The molecule has 0 spiro atoms. The second-order valence-electron chi connectivity index (χ2n) is 11.6. The average Bonchev–Trinajstić information content (AvgIpc) is 3.98. The Morgan fingerprint density at radius 2 is 1.17 bits per heavy atom. The van der Waals surface area contributed by atoms with Crippen LogP contribution < -0.4 is 0 Å². The zero-order valence-corrected chi connectivity index (χ0v) is 28.8. The minimum Gasteiger partial charge on any atom is -0.326 e. The van der Waals surface area contributed by atoms with Gasteiger partial charge in [0.25, 0.3) is 0 Å². The predicted molar refractivity (Wildman–Crippen MR) is 177 cm³/mol. The van der Waals surface area contributed by atoms with Crippen LogP contribution in [0, 0.1) is 0 Å². The summed E-state index contributed by atoms with van der Waals surface area (Å²) < 4.78 is 53.4. The van der Waals surface area contributed by atoms with E-state index in [1.54, 1.807) is 73.8 Å². The van der Waals surface area contributed by atoms with Gasteiger partial charge in [0.05, 0.1) is 39.4 Å². The number of carbonyl (C=O) groups is 1. The van der Waals surface area contributed by atoms with Gasteiger partial charge in [0.15, 0.2) is 37.6 Å². The first-order chi connectivity index (χ1) is 21.8. The second kappa shape index (κ2) is 13.2. The van der Waals surface area contributed by atoms with E-state index in [2.05, 4.69) is 19.9 Å². The maximum absolute atomic E-state index is 12.6. The molecule has 244 valence electrons. The van der Waals surface area contributed by atoms with Crippen LogP contribution in [-0.4, -0.2) is 63.7 Å². The third-order valence-corrected chi connectivity index (χ3v) is 11.8. The van der Waals surface area contributed by atoms with Crippen molar-refractivity contribution >= 4 is 43.6 Å². The van der Waals surface area contributed by atoms with Gasteiger partial charge in [-0.3, -0.25) is 14.8 Å². The number of aldehydes is 1. The molecule has 0 radical (unpaired) electrons. The van der Waals surface area contributed by atoms with Gasteiger partial charge in [-0.25, -0.2) is 26.8 Å². The van der Waals surface area contributed by atoms with Crippen molar-refractivity contribution in [3.63, 3.8) is 0 Å². The van der Waals surface area contributed by atoms with Crippen LogP contribution in [0.1, 0.15) is 85.6 Å². The van der Waals surface area contributed by atoms with E-state index in [1.807, 2.05) is 7.05 Å². The van der Waals surface area contributed by atoms with Gasteiger partial charge in [0, 0.05) is 31.5 Å². The lowest BCUT2D eigenvalue weighted by Crippen LogP contribution is -2.10. The fraction of sp³-hybridized carbons (Fsp3) is 0.406. The zero-order chi connectivity index (χ0) is 33.4. The molecule has 6 rings (SSSR count). The Morgan fingerprint density at radius 1 is 0.761 bits per heavy atom. The largest absolute Gasteiger partial charge is 0.326 e. The van der Waals surface area contributed by atoms with Crippen molar-refractivity contribution in [2.75, 3.05) is 11.5 Å². The van der Waals surface area contributed by atoms with Crippen molar-refractivity contribution in [2.24, 2.45) is 14.1 Å². The van der Waals surface area contributed by atoms with Gasteiger partial charge in [0.1, 0.15) is 17.1 Å². The number of aromatic nitrogens is 6. The van der Waals surface area contributed by atoms with E-state index in [4.69, 9.17) is 11.6 Å². The van der Waals surface area contributed by atoms with Crippen LogP contribution in [0.15, 0.2) is 51.7 Å². The summed E-state index contributed by atoms with van der Waals surface area (Å²) in [5.41, 5.74) is 3.84. The minimum atomic E-state index is -3.42. The highest BCUT2D eigenvalue weighted by Crippen LogP contribution is 2.42. The van der Waals surface area contributed by atoms with Crippen LogP contribution in [0.5, 0.6) is 0 Å². The highest BCUT2D eigenvalue weighted by Gasteiger charge is 2.30. The zero-order valence-electron chi connectivity index (χ0n) is 26.4. The highest BCUT2D eigenvalue weighted by molar-refractivity contribution is 7.91. The van der Waals surface area contributed by atoms with Gasteiger partial charge in [-0.05, 0) is 73.8 Å². The molecule has 0 atom stereocenters. The van der Waals surface area contributed by atoms with Crippen LogP contribution in [0.4, 0.5) is 0 Å². The number of rotatable bonds is 10. The average molecular weight is 685 g/mol. The molecule has 2 saturated carbocycles. The van der Waals surface area contributed by atoms with Crippen LogP contribution in [0.25, 0.3) is 29.1 Å². The summed E-state index contributed by atoms with van der Waals surface area (Å²) in [6.45, 7) is 5.04. The number of hydrogen-bond donors (Lipinski definition) is 0. The molecule has 46 heavy (non-hydrogen) atoms. The molecule has 4 heterocycles. The Balaban J connectivity index is 0.000000182. The van der Waals surface area contributed by atoms with E-state index in [-0.39, 0.29) is 21.3 Å². The topological polar surface area (TPSA) is 147 Å². The molecule has 2 aliphatic rings. The maximum Gasteiger partial charge on any atom is 0.180 e. The normalized spacial score (nSPS) is 15.4. The second-order valence-corrected chi connectivity index (χ2v) is 16.7. The molecule has 0 unspecified atom stereocenters. The molecule has 0 amide bonds. The van der Waals surface area contributed by atoms with Crippen LogP contribution in [-0.2, 0) is 33.8 Å². The number of carbonyl (C=O) groups excluding carboxylic acids is 1. The molecule has 0 aromatic carbocycles. The molecule has 4 aromatic heterocycles. The number of pyridine rings is 2. The van der Waals surface area contributed by atoms with E-state index in [0.29, 0.717) is 51.9 Å². The maximum atomic E-state index is 12.6. The van der Waals surface area contributed by atoms with E-state index >= 15 is 0 Å². The summed E-state index contributed by atoms with van der Waals surface area (Å²) in [6.07, 6.45) is 13.4. The number of halogens is 1. The molecule has 2 aliphatic carbocycles. The van der Waals surface area contributed by atoms with E-state index in [0.717, 1.165) is 42.5 Å². The molecule has 0 N–H and O–H groups in total. The lowest BCUT2D eigenvalue weighted by Gasteiger charge is -2.11. The molecule has 14 heteroatoms. The van der Waals surface area contributed by atoms with Gasteiger partial charge < -0.3 is 9.13 Å². The lowest BCUT2D eigenvalue weighted by molar-refractivity contribution is 0.111. The first-order valence-corrected chi connectivity index (χ1v) is 18.8. The van der Waals surface area contributed by atoms with Crippen molar-refractivity contribution in [1.29, 1.82) is 0 Å². The van der Waals surface area contributed by atoms with Crippen molar-refractivity contribution in [2.45, 2.75) is 68.1 Å². The summed E-state index contributed by atoms with van der Waals surface area (Å²) >= 11 is 5.94. The summed E-state index contributed by atoms with van der Waals surface area (Å²) in [6, 6.07) is 3.49. The van der Waals surface area contributed by atoms with Crippen molar-refractivity contribution < 1.29 is 21.6 Å². The standard InChI is InChI=1S/C17H20ClN3O2S.C15H17N3O3S/c1-4-24(22,23)15-8-13(12-5-6-12)9-19-16(15)17-20-10-14(21(17)3)7-11(2)18;1-3-22(20,21)13-6-11(10-4-5-10)7-16-14(13)15-17-8-12(9-19)18(15)2/h7-10,12H,4-6H2,1-3H3;6-10H,3-5H2,1-2H3. The molecule has 4 aromatic rings. The van der Waals surface area contributed by atoms with E-state index in [1.165, 1.54) is 6.20 Å². The summed E-state index contributed by atoms with van der Waals surface area (Å²) in [7, 11) is -3.32. The quantitative estimate of drug-likeness (QED) is 0.191. The SMILES string of the molecule is CCS(=O)(=O)c1cc(C2CC2)cnc1-c1ncc(C=C(C)Cl)n1C.CCS(=O)(=O)c1cc(C2CC2)cnc1-c1ncc(C=O)n1C. The number of sulfone groups is 2. The lowest BCUT2D eigenvalue weighted by atomic mass is 10.2. The number of imidazole rings is 2. The Bertz CT molecular complexity index is 2040. The molecule has 0 aliphatic heterocycles. The van der Waals surface area contributed by atoms with Gasteiger partial charge in [-0.15, -0.1) is 0 Å². The highest BCUT2D eigenvalue weighted by atomic mass is 35.5. The number of hydrogen-bond acceptors (Lipinski definition) is 9. The Kier molecular flexibility index (Phi) is 9.67. The molecule has 2 fully saturated rings. The fourth-order valence-corrected chi connectivity index (χ4v) is 7.30. The molecular weight excluding hydrogens is 648 g/mol.